The number of hydrogen-bond acceptors (Lipinski definition) is 4. The fourth-order valence-electron chi connectivity index (χ4n) is 2.13. The van der Waals surface area contributed by atoms with E-state index in [1.807, 2.05) is 0 Å². The van der Waals surface area contributed by atoms with Gasteiger partial charge in [-0.2, -0.15) is 0 Å². The lowest BCUT2D eigenvalue weighted by Crippen LogP contribution is -2.21. The molecule has 3 nitrogen and oxygen atoms in total. The molecule has 0 bridgehead atoms. The van der Waals surface area contributed by atoms with Gasteiger partial charge < -0.3 is 4.90 Å². The zero-order valence-corrected chi connectivity index (χ0v) is 10.6. The van der Waals surface area contributed by atoms with Crippen LogP contribution < -0.4 is 4.90 Å². The number of aromatic nitrogens is 2. The maximum Gasteiger partial charge on any atom is 0.140 e. The molecule has 1 unspecified atom stereocenters. The van der Waals surface area contributed by atoms with Crippen LogP contribution >= 0.6 is 22.9 Å². The molecule has 1 aliphatic rings. The van der Waals surface area contributed by atoms with Gasteiger partial charge in [0.15, 0.2) is 0 Å². The third-order valence-electron chi connectivity index (χ3n) is 2.86. The van der Waals surface area contributed by atoms with Crippen LogP contribution in [0.1, 0.15) is 11.3 Å². The first-order valence-electron chi connectivity index (χ1n) is 5.34. The normalized spacial score (nSPS) is 20.9. The molecule has 0 aliphatic carbocycles. The number of thiophene rings is 1. The van der Waals surface area contributed by atoms with E-state index in [-0.39, 0.29) is 5.38 Å². The van der Waals surface area contributed by atoms with E-state index in [0.29, 0.717) is 0 Å². The molecule has 3 heterocycles. The Labute approximate surface area is 103 Å². The highest BCUT2D eigenvalue weighted by molar-refractivity contribution is 7.18. The summed E-state index contributed by atoms with van der Waals surface area (Å²) in [7, 11) is 0. The number of anilines is 1. The van der Waals surface area contributed by atoms with E-state index in [9.17, 15) is 0 Å². The van der Waals surface area contributed by atoms with E-state index < -0.39 is 0 Å². The molecule has 1 saturated heterocycles. The molecule has 1 fully saturated rings. The topological polar surface area (TPSA) is 29.0 Å². The van der Waals surface area contributed by atoms with Gasteiger partial charge in [0, 0.05) is 18.0 Å². The summed E-state index contributed by atoms with van der Waals surface area (Å²) >= 11 is 7.85. The zero-order chi connectivity index (χ0) is 11.1. The molecule has 16 heavy (non-hydrogen) atoms. The molecule has 1 aliphatic heterocycles. The molecule has 0 N–H and O–H groups in total. The first-order chi connectivity index (χ1) is 7.74. The van der Waals surface area contributed by atoms with Crippen LogP contribution in [0.15, 0.2) is 12.4 Å². The minimum Gasteiger partial charge on any atom is -0.354 e. The number of halogens is 1. The van der Waals surface area contributed by atoms with Crippen LogP contribution in [0, 0.1) is 6.92 Å². The molecule has 0 saturated carbocycles. The van der Waals surface area contributed by atoms with Crippen molar-refractivity contribution in [2.75, 3.05) is 18.0 Å². The van der Waals surface area contributed by atoms with Gasteiger partial charge in [-0.1, -0.05) is 0 Å². The number of rotatable bonds is 1. The van der Waals surface area contributed by atoms with Gasteiger partial charge >= 0.3 is 0 Å². The predicted octanol–water partition coefficient (Wildman–Crippen LogP) is 2.82. The van der Waals surface area contributed by atoms with Crippen molar-refractivity contribution in [2.24, 2.45) is 0 Å². The molecular formula is C11H12ClN3S. The highest BCUT2D eigenvalue weighted by atomic mass is 35.5. The Morgan fingerprint density at radius 1 is 1.50 bits per heavy atom. The van der Waals surface area contributed by atoms with E-state index in [1.165, 1.54) is 4.88 Å². The van der Waals surface area contributed by atoms with Crippen molar-refractivity contribution in [3.8, 4) is 0 Å². The molecule has 0 radical (unpaired) electrons. The van der Waals surface area contributed by atoms with E-state index in [2.05, 4.69) is 27.9 Å². The molecule has 0 spiro atoms. The first-order valence-corrected chi connectivity index (χ1v) is 6.59. The fourth-order valence-corrected chi connectivity index (χ4v) is 3.23. The van der Waals surface area contributed by atoms with E-state index >= 15 is 0 Å². The molecule has 1 atom stereocenters. The Morgan fingerprint density at radius 3 is 3.12 bits per heavy atom. The van der Waals surface area contributed by atoms with Crippen molar-refractivity contribution >= 4 is 39.0 Å². The number of nitrogens with zero attached hydrogens (tertiary/aromatic N) is 3. The van der Waals surface area contributed by atoms with Crippen LogP contribution in [-0.2, 0) is 0 Å². The molecule has 3 rings (SSSR count). The molecule has 84 valence electrons. The predicted molar refractivity (Wildman–Crippen MR) is 68.6 cm³/mol. The highest BCUT2D eigenvalue weighted by Gasteiger charge is 2.23. The zero-order valence-electron chi connectivity index (χ0n) is 8.98. The summed E-state index contributed by atoms with van der Waals surface area (Å²) in [5.74, 6) is 1.04. The summed E-state index contributed by atoms with van der Waals surface area (Å²) in [5, 5.41) is 1.42. The molecular weight excluding hydrogens is 242 g/mol. The number of hydrogen-bond donors (Lipinski definition) is 0. The third-order valence-corrected chi connectivity index (χ3v) is 4.18. The van der Waals surface area contributed by atoms with E-state index in [4.69, 9.17) is 11.6 Å². The Kier molecular flexibility index (Phi) is 2.48. The van der Waals surface area contributed by atoms with Crippen LogP contribution in [0.3, 0.4) is 0 Å². The fraction of sp³-hybridized carbons (Fsp3) is 0.455. The number of fused-ring (bicyclic) bond motifs is 1. The average Bonchev–Trinajstić information content (AvgIpc) is 2.82. The Hall–Kier alpha value is -0.870. The summed E-state index contributed by atoms with van der Waals surface area (Å²) in [5.41, 5.74) is 0. The molecule has 2 aromatic rings. The van der Waals surface area contributed by atoms with Gasteiger partial charge in [-0.05, 0) is 19.4 Å². The van der Waals surface area contributed by atoms with E-state index in [0.717, 1.165) is 35.5 Å². The summed E-state index contributed by atoms with van der Waals surface area (Å²) < 4.78 is 0. The Bertz CT molecular complexity index is 525. The highest BCUT2D eigenvalue weighted by Crippen LogP contribution is 2.31. The summed E-state index contributed by atoms with van der Waals surface area (Å²) in [6, 6.07) is 2.16. The lowest BCUT2D eigenvalue weighted by atomic mass is 10.3. The minimum atomic E-state index is 0.254. The maximum absolute atomic E-state index is 6.13. The summed E-state index contributed by atoms with van der Waals surface area (Å²) in [4.78, 5) is 13.3. The van der Waals surface area contributed by atoms with Gasteiger partial charge in [0.1, 0.15) is 17.0 Å². The van der Waals surface area contributed by atoms with Crippen molar-refractivity contribution in [1.82, 2.24) is 9.97 Å². The van der Waals surface area contributed by atoms with E-state index in [1.54, 1.807) is 17.7 Å². The second-order valence-corrected chi connectivity index (χ2v) is 5.96. The second-order valence-electron chi connectivity index (χ2n) is 4.11. The van der Waals surface area contributed by atoms with Crippen molar-refractivity contribution in [1.29, 1.82) is 0 Å². The van der Waals surface area contributed by atoms with Crippen LogP contribution in [0.2, 0.25) is 0 Å². The van der Waals surface area contributed by atoms with Crippen LogP contribution in [0.25, 0.3) is 10.2 Å². The lowest BCUT2D eigenvalue weighted by molar-refractivity contribution is 0.940. The van der Waals surface area contributed by atoms with Gasteiger partial charge in [0.05, 0.1) is 10.8 Å². The summed E-state index contributed by atoms with van der Waals surface area (Å²) in [6.07, 6.45) is 2.69. The minimum absolute atomic E-state index is 0.254. The third kappa shape index (κ3) is 1.66. The van der Waals surface area contributed by atoms with Crippen molar-refractivity contribution in [3.05, 3.63) is 17.3 Å². The van der Waals surface area contributed by atoms with Gasteiger partial charge in [-0.25, -0.2) is 9.97 Å². The van der Waals surface area contributed by atoms with Gasteiger partial charge in [0.25, 0.3) is 0 Å². The standard InChI is InChI=1S/C11H12ClN3S/c1-7-4-9-10(13-6-14-11(9)16-7)15-3-2-8(12)5-15/h4,6,8H,2-3,5H2,1H3. The van der Waals surface area contributed by atoms with Crippen molar-refractivity contribution in [2.45, 2.75) is 18.7 Å². The largest absolute Gasteiger partial charge is 0.354 e. The molecule has 0 aromatic carbocycles. The molecule has 5 heteroatoms. The maximum atomic E-state index is 6.13. The van der Waals surface area contributed by atoms with Crippen LogP contribution in [0.4, 0.5) is 5.82 Å². The second kappa shape index (κ2) is 3.86. The smallest absolute Gasteiger partial charge is 0.140 e. The average molecular weight is 254 g/mol. The van der Waals surface area contributed by atoms with Gasteiger partial charge in [-0.3, -0.25) is 0 Å². The first kappa shape index (κ1) is 10.3. The molecule has 2 aromatic heterocycles. The number of aryl methyl sites for hydroxylation is 1. The van der Waals surface area contributed by atoms with Gasteiger partial charge in [-0.15, -0.1) is 22.9 Å². The van der Waals surface area contributed by atoms with Gasteiger partial charge in [0.2, 0.25) is 0 Å². The quantitative estimate of drug-likeness (QED) is 0.732. The van der Waals surface area contributed by atoms with Crippen molar-refractivity contribution < 1.29 is 0 Å². The molecule has 0 amide bonds. The SMILES string of the molecule is Cc1cc2c(N3CCC(Cl)C3)ncnc2s1. The Morgan fingerprint density at radius 2 is 2.38 bits per heavy atom. The van der Waals surface area contributed by atoms with Crippen LogP contribution in [0.5, 0.6) is 0 Å². The monoisotopic (exact) mass is 253 g/mol. The van der Waals surface area contributed by atoms with Crippen LogP contribution in [-0.4, -0.2) is 28.4 Å². The lowest BCUT2D eigenvalue weighted by Gasteiger charge is -2.16. The van der Waals surface area contributed by atoms with Crippen molar-refractivity contribution in [3.63, 3.8) is 0 Å². The summed E-state index contributed by atoms with van der Waals surface area (Å²) in [6.45, 7) is 3.99. The number of alkyl halides is 1. The Balaban J connectivity index is 2.09.